The molecule has 18 heavy (non-hydrogen) atoms. The summed E-state index contributed by atoms with van der Waals surface area (Å²) in [6.07, 6.45) is 0. The van der Waals surface area contributed by atoms with Crippen LogP contribution >= 0.6 is 31.9 Å². The van der Waals surface area contributed by atoms with E-state index in [0.29, 0.717) is 17.9 Å². The molecule has 0 saturated carbocycles. The van der Waals surface area contributed by atoms with Crippen LogP contribution in [0, 0.1) is 5.41 Å². The number of halogens is 2. The van der Waals surface area contributed by atoms with Crippen molar-refractivity contribution in [2.75, 3.05) is 19.0 Å². The van der Waals surface area contributed by atoms with Crippen LogP contribution in [-0.2, 0) is 0 Å². The summed E-state index contributed by atoms with van der Waals surface area (Å²) < 4.78 is 5.88. The Morgan fingerprint density at radius 1 is 1.44 bits per heavy atom. The highest BCUT2D eigenvalue weighted by molar-refractivity contribution is 9.10. The first-order valence-corrected chi connectivity index (χ1v) is 7.49. The average Bonchev–Trinajstić information content (AvgIpc) is 2.36. The van der Waals surface area contributed by atoms with Gasteiger partial charge in [0.05, 0.1) is 12.7 Å². The number of methoxy groups -OCH3 is 1. The highest BCUT2D eigenvalue weighted by atomic mass is 79.9. The molecule has 0 atom stereocenters. The molecule has 0 heterocycles. The Hall–Kier alpha value is -0.550. The second-order valence-corrected chi connectivity index (χ2v) is 6.24. The number of hydrogen-bond donors (Lipinski definition) is 1. The highest BCUT2D eigenvalue weighted by Gasteiger charge is 2.18. The molecule has 0 unspecified atom stereocenters. The maximum atomic E-state index is 12.1. The fraction of sp³-hybridized carbons (Fsp3) is 0.462. The predicted molar refractivity (Wildman–Crippen MR) is 80.6 cm³/mol. The van der Waals surface area contributed by atoms with Crippen LogP contribution in [0.25, 0.3) is 0 Å². The summed E-state index contributed by atoms with van der Waals surface area (Å²) in [5.41, 5.74) is 0.612. The Kier molecular flexibility index (Phi) is 5.66. The summed E-state index contributed by atoms with van der Waals surface area (Å²) in [6, 6.07) is 5.34. The molecule has 1 aromatic rings. The lowest BCUT2D eigenvalue weighted by Crippen LogP contribution is -2.35. The van der Waals surface area contributed by atoms with Crippen LogP contribution in [0.5, 0.6) is 5.75 Å². The molecule has 0 spiro atoms. The first-order valence-electron chi connectivity index (χ1n) is 5.57. The minimum absolute atomic E-state index is 0.0288. The molecule has 5 heteroatoms. The molecule has 0 aliphatic heterocycles. The van der Waals surface area contributed by atoms with Crippen molar-refractivity contribution in [2.24, 2.45) is 5.41 Å². The number of hydrogen-bond acceptors (Lipinski definition) is 2. The topological polar surface area (TPSA) is 38.3 Å². The van der Waals surface area contributed by atoms with Crippen LogP contribution in [0.15, 0.2) is 22.7 Å². The summed E-state index contributed by atoms with van der Waals surface area (Å²) in [5, 5.41) is 3.76. The molecule has 1 aromatic carbocycles. The Morgan fingerprint density at radius 3 is 2.67 bits per heavy atom. The third-order valence-electron chi connectivity index (χ3n) is 2.51. The zero-order valence-electron chi connectivity index (χ0n) is 10.7. The number of rotatable bonds is 5. The van der Waals surface area contributed by atoms with Crippen LogP contribution in [0.1, 0.15) is 24.2 Å². The molecule has 100 valence electrons. The van der Waals surface area contributed by atoms with E-state index in [1.807, 2.05) is 12.1 Å². The Labute approximate surface area is 125 Å². The van der Waals surface area contributed by atoms with Crippen LogP contribution < -0.4 is 10.1 Å². The second-order valence-electron chi connectivity index (χ2n) is 4.83. The van der Waals surface area contributed by atoms with E-state index in [1.54, 1.807) is 13.2 Å². The zero-order valence-corrected chi connectivity index (χ0v) is 13.9. The molecule has 1 N–H and O–H groups in total. The summed E-state index contributed by atoms with van der Waals surface area (Å²) in [4.78, 5) is 12.1. The monoisotopic (exact) mass is 377 g/mol. The maximum absolute atomic E-state index is 12.1. The van der Waals surface area contributed by atoms with Gasteiger partial charge in [0.15, 0.2) is 0 Å². The lowest BCUT2D eigenvalue weighted by Gasteiger charge is -2.22. The molecule has 0 aromatic heterocycles. The summed E-state index contributed by atoms with van der Waals surface area (Å²) >= 11 is 6.81. The normalized spacial score (nSPS) is 11.2. The number of ether oxygens (including phenoxy) is 1. The lowest BCUT2D eigenvalue weighted by molar-refractivity contribution is 0.0939. The van der Waals surface area contributed by atoms with Gasteiger partial charge in [-0.15, -0.1) is 0 Å². The molecule has 0 saturated heterocycles. The van der Waals surface area contributed by atoms with Gasteiger partial charge in [0.2, 0.25) is 0 Å². The van der Waals surface area contributed by atoms with Crippen molar-refractivity contribution < 1.29 is 9.53 Å². The average molecular weight is 379 g/mol. The van der Waals surface area contributed by atoms with Crippen molar-refractivity contribution in [3.05, 3.63) is 28.2 Å². The Morgan fingerprint density at radius 2 is 2.11 bits per heavy atom. The van der Waals surface area contributed by atoms with E-state index in [0.717, 1.165) is 9.80 Å². The quantitative estimate of drug-likeness (QED) is 0.795. The summed E-state index contributed by atoms with van der Waals surface area (Å²) in [7, 11) is 1.58. The lowest BCUT2D eigenvalue weighted by atomic mass is 9.97. The molecule has 0 bridgehead atoms. The molecule has 1 rings (SSSR count). The van der Waals surface area contributed by atoms with Gasteiger partial charge in [0, 0.05) is 16.3 Å². The first-order chi connectivity index (χ1) is 8.39. The van der Waals surface area contributed by atoms with Gasteiger partial charge >= 0.3 is 0 Å². The van der Waals surface area contributed by atoms with Crippen molar-refractivity contribution in [3.8, 4) is 5.75 Å². The van der Waals surface area contributed by atoms with E-state index < -0.39 is 0 Å². The van der Waals surface area contributed by atoms with Crippen LogP contribution in [-0.4, -0.2) is 24.9 Å². The number of benzene rings is 1. The van der Waals surface area contributed by atoms with Crippen molar-refractivity contribution in [3.63, 3.8) is 0 Å². The van der Waals surface area contributed by atoms with Crippen molar-refractivity contribution >= 4 is 37.8 Å². The van der Waals surface area contributed by atoms with E-state index in [9.17, 15) is 4.79 Å². The molecular weight excluding hydrogens is 362 g/mol. The fourth-order valence-electron chi connectivity index (χ4n) is 1.27. The van der Waals surface area contributed by atoms with Crippen LogP contribution in [0.2, 0.25) is 0 Å². The summed E-state index contributed by atoms with van der Waals surface area (Å²) in [6.45, 7) is 4.78. The van der Waals surface area contributed by atoms with Crippen molar-refractivity contribution in [2.45, 2.75) is 13.8 Å². The van der Waals surface area contributed by atoms with E-state index in [2.05, 4.69) is 51.0 Å². The van der Waals surface area contributed by atoms with E-state index in [4.69, 9.17) is 4.74 Å². The van der Waals surface area contributed by atoms with E-state index >= 15 is 0 Å². The highest BCUT2D eigenvalue weighted by Crippen LogP contribution is 2.23. The van der Waals surface area contributed by atoms with E-state index in [-0.39, 0.29) is 11.3 Å². The zero-order chi connectivity index (χ0) is 13.8. The number of amides is 1. The number of alkyl halides is 1. The van der Waals surface area contributed by atoms with Gasteiger partial charge in [0.25, 0.3) is 5.91 Å². The molecule has 0 aliphatic carbocycles. The molecule has 0 radical (unpaired) electrons. The number of carbonyl (C=O) groups excluding carboxylic acids is 1. The van der Waals surface area contributed by atoms with Gasteiger partial charge in [-0.05, 0) is 39.5 Å². The van der Waals surface area contributed by atoms with Crippen LogP contribution in [0.3, 0.4) is 0 Å². The van der Waals surface area contributed by atoms with Crippen molar-refractivity contribution in [1.29, 1.82) is 0 Å². The molecule has 0 aliphatic rings. The fourth-order valence-corrected chi connectivity index (χ4v) is 1.89. The molecular formula is C13H17Br2NO2. The van der Waals surface area contributed by atoms with Gasteiger partial charge in [0.1, 0.15) is 5.75 Å². The largest absolute Gasteiger partial charge is 0.497 e. The Bertz CT molecular complexity index is 433. The minimum atomic E-state index is -0.102. The molecule has 1 amide bonds. The summed E-state index contributed by atoms with van der Waals surface area (Å²) in [5.74, 6) is 0.568. The van der Waals surface area contributed by atoms with E-state index in [1.165, 1.54) is 0 Å². The standard InChI is InChI=1S/C13H17Br2NO2/c1-13(2,7-14)8-16-12(17)10-6-9(18-3)4-5-11(10)15/h4-6H,7-8H2,1-3H3,(H,16,17). The molecule has 3 nitrogen and oxygen atoms in total. The number of carbonyl (C=O) groups is 1. The van der Waals surface area contributed by atoms with Gasteiger partial charge in [-0.1, -0.05) is 29.8 Å². The predicted octanol–water partition coefficient (Wildman–Crippen LogP) is 3.61. The molecule has 0 fully saturated rings. The maximum Gasteiger partial charge on any atom is 0.252 e. The minimum Gasteiger partial charge on any atom is -0.497 e. The second kappa shape index (κ2) is 6.57. The third kappa shape index (κ3) is 4.28. The number of nitrogens with one attached hydrogen (secondary N) is 1. The van der Waals surface area contributed by atoms with Crippen LogP contribution in [0.4, 0.5) is 0 Å². The van der Waals surface area contributed by atoms with Gasteiger partial charge in [-0.25, -0.2) is 0 Å². The van der Waals surface area contributed by atoms with Crippen molar-refractivity contribution in [1.82, 2.24) is 5.32 Å². The SMILES string of the molecule is COc1ccc(Br)c(C(=O)NCC(C)(C)CBr)c1. The van der Waals surface area contributed by atoms with Gasteiger partial charge in [-0.2, -0.15) is 0 Å². The Balaban J connectivity index is 2.78. The third-order valence-corrected chi connectivity index (χ3v) is 4.72. The van der Waals surface area contributed by atoms with Gasteiger partial charge in [-0.3, -0.25) is 4.79 Å². The smallest absolute Gasteiger partial charge is 0.252 e. The van der Waals surface area contributed by atoms with Gasteiger partial charge < -0.3 is 10.1 Å². The first kappa shape index (κ1) is 15.5.